The molecule has 15 heavy (non-hydrogen) atoms. The van der Waals surface area contributed by atoms with Gasteiger partial charge in [-0.1, -0.05) is 33.8 Å². The molecule has 1 rings (SSSR count). The van der Waals surface area contributed by atoms with E-state index in [9.17, 15) is 4.79 Å². The fourth-order valence-corrected chi connectivity index (χ4v) is 1.20. The molecule has 82 valence electrons. The fourth-order valence-electron chi connectivity index (χ4n) is 1.20. The largest absolute Gasteiger partial charge is 0.299 e. The Morgan fingerprint density at radius 1 is 1.33 bits per heavy atom. The summed E-state index contributed by atoms with van der Waals surface area (Å²) in [4.78, 5) is 16.0. The molecule has 0 unspecified atom stereocenters. The lowest BCUT2D eigenvalue weighted by molar-refractivity contribution is -0.125. The number of carbonyl (C=O) groups is 1. The molecule has 0 bridgehead atoms. The quantitative estimate of drug-likeness (QED) is 0.759. The second-order valence-corrected chi connectivity index (χ2v) is 4.86. The third-order valence-corrected chi connectivity index (χ3v) is 2.47. The molecule has 0 amide bonds. The molecule has 0 saturated carbocycles. The van der Waals surface area contributed by atoms with Crippen LogP contribution in [0.5, 0.6) is 0 Å². The summed E-state index contributed by atoms with van der Waals surface area (Å²) in [6.45, 7) is 7.91. The zero-order chi connectivity index (χ0) is 11.5. The van der Waals surface area contributed by atoms with E-state index in [2.05, 4.69) is 11.9 Å². The lowest BCUT2D eigenvalue weighted by Gasteiger charge is -2.15. The van der Waals surface area contributed by atoms with E-state index in [4.69, 9.17) is 0 Å². The van der Waals surface area contributed by atoms with Gasteiger partial charge in [0.25, 0.3) is 0 Å². The Morgan fingerprint density at radius 2 is 2.00 bits per heavy atom. The number of Topliss-reactive ketones (excluding diaryl/α,β-unsaturated/α-hetero) is 1. The highest BCUT2D eigenvalue weighted by Gasteiger charge is 2.21. The summed E-state index contributed by atoms with van der Waals surface area (Å²) in [5.74, 6) is 0.235. The minimum atomic E-state index is -0.273. The van der Waals surface area contributed by atoms with Crippen molar-refractivity contribution in [3.63, 3.8) is 0 Å². The van der Waals surface area contributed by atoms with Gasteiger partial charge in [-0.2, -0.15) is 0 Å². The molecule has 0 fully saturated rings. The maximum atomic E-state index is 11.7. The molecule has 0 atom stereocenters. The third-order valence-electron chi connectivity index (χ3n) is 2.47. The molecule has 0 aromatic carbocycles. The molecule has 1 heterocycles. The number of carbonyl (C=O) groups excluding carboxylic acids is 1. The molecule has 0 saturated heterocycles. The molecule has 1 aromatic rings. The van der Waals surface area contributed by atoms with Crippen LogP contribution < -0.4 is 0 Å². The Balaban J connectivity index is 2.70. The number of aromatic nitrogens is 1. The van der Waals surface area contributed by atoms with E-state index in [0.717, 1.165) is 12.1 Å². The van der Waals surface area contributed by atoms with Crippen LogP contribution in [0.25, 0.3) is 0 Å². The van der Waals surface area contributed by atoms with Gasteiger partial charge in [-0.3, -0.25) is 9.78 Å². The minimum Gasteiger partial charge on any atom is -0.299 e. The number of hydrogen-bond acceptors (Lipinski definition) is 2. The predicted molar refractivity (Wildman–Crippen MR) is 61.8 cm³/mol. The van der Waals surface area contributed by atoms with Crippen LogP contribution in [0.3, 0.4) is 0 Å². The number of pyridine rings is 1. The molecule has 0 aliphatic heterocycles. The highest BCUT2D eigenvalue weighted by molar-refractivity contribution is 5.85. The van der Waals surface area contributed by atoms with E-state index < -0.39 is 0 Å². The van der Waals surface area contributed by atoms with Crippen molar-refractivity contribution < 1.29 is 4.79 Å². The van der Waals surface area contributed by atoms with Gasteiger partial charge in [-0.05, 0) is 18.1 Å². The summed E-state index contributed by atoms with van der Waals surface area (Å²) < 4.78 is 0. The Bertz CT molecular complexity index is 333. The van der Waals surface area contributed by atoms with E-state index >= 15 is 0 Å². The van der Waals surface area contributed by atoms with Crippen LogP contribution in [0.4, 0.5) is 0 Å². The van der Waals surface area contributed by atoms with Gasteiger partial charge >= 0.3 is 0 Å². The van der Waals surface area contributed by atoms with Gasteiger partial charge in [0.05, 0.1) is 0 Å². The molecular weight excluding hydrogens is 186 g/mol. The van der Waals surface area contributed by atoms with Crippen LogP contribution in [-0.4, -0.2) is 10.8 Å². The average molecular weight is 205 g/mol. The number of rotatable bonds is 3. The second-order valence-electron chi connectivity index (χ2n) is 4.86. The standard InChI is InChI=1S/C13H19NO/c1-5-10-6-7-11(14-9-10)8-12(15)13(2,3)4/h6-7,9H,5,8H2,1-4H3. The molecule has 2 nitrogen and oxygen atoms in total. The molecule has 0 spiro atoms. The fraction of sp³-hybridized carbons (Fsp3) is 0.538. The summed E-state index contributed by atoms with van der Waals surface area (Å²) in [5, 5.41) is 0. The van der Waals surface area contributed by atoms with Crippen molar-refractivity contribution in [3.05, 3.63) is 29.6 Å². The third kappa shape index (κ3) is 3.46. The maximum Gasteiger partial charge on any atom is 0.144 e. The van der Waals surface area contributed by atoms with Crippen molar-refractivity contribution in [2.24, 2.45) is 5.41 Å². The van der Waals surface area contributed by atoms with Crippen molar-refractivity contribution in [3.8, 4) is 0 Å². The van der Waals surface area contributed by atoms with Crippen molar-refractivity contribution in [1.82, 2.24) is 4.98 Å². The molecule has 1 aromatic heterocycles. The molecule has 0 aliphatic carbocycles. The van der Waals surface area contributed by atoms with E-state index in [1.807, 2.05) is 39.1 Å². The van der Waals surface area contributed by atoms with Gasteiger partial charge in [0.2, 0.25) is 0 Å². The summed E-state index contributed by atoms with van der Waals surface area (Å²) in [6.07, 6.45) is 3.28. The summed E-state index contributed by atoms with van der Waals surface area (Å²) in [6, 6.07) is 3.99. The molecule has 2 heteroatoms. The van der Waals surface area contributed by atoms with Gasteiger partial charge in [-0.25, -0.2) is 0 Å². The highest BCUT2D eigenvalue weighted by atomic mass is 16.1. The zero-order valence-electron chi connectivity index (χ0n) is 10.0. The van der Waals surface area contributed by atoms with E-state index in [1.165, 1.54) is 5.56 Å². The van der Waals surface area contributed by atoms with E-state index in [1.54, 1.807) is 0 Å². The van der Waals surface area contributed by atoms with Crippen molar-refractivity contribution in [1.29, 1.82) is 0 Å². The van der Waals surface area contributed by atoms with Crippen LogP contribution in [0.1, 0.15) is 39.0 Å². The lowest BCUT2D eigenvalue weighted by atomic mass is 9.88. The first-order valence-corrected chi connectivity index (χ1v) is 5.40. The zero-order valence-corrected chi connectivity index (χ0v) is 10.0. The Morgan fingerprint density at radius 3 is 2.40 bits per heavy atom. The van der Waals surface area contributed by atoms with Crippen LogP contribution in [0.2, 0.25) is 0 Å². The number of ketones is 1. The Kier molecular flexibility index (Phi) is 3.61. The first kappa shape index (κ1) is 11.9. The average Bonchev–Trinajstić information content (AvgIpc) is 2.17. The SMILES string of the molecule is CCc1ccc(CC(=O)C(C)(C)C)nc1. The second kappa shape index (κ2) is 4.56. The topological polar surface area (TPSA) is 30.0 Å². The summed E-state index contributed by atoms with van der Waals surface area (Å²) >= 11 is 0. The molecular formula is C13H19NO. The number of nitrogens with zero attached hydrogens (tertiary/aromatic N) is 1. The lowest BCUT2D eigenvalue weighted by Crippen LogP contribution is -2.22. The number of hydrogen-bond donors (Lipinski definition) is 0. The van der Waals surface area contributed by atoms with Crippen LogP contribution in [0, 0.1) is 5.41 Å². The van der Waals surface area contributed by atoms with Crippen LogP contribution in [0.15, 0.2) is 18.3 Å². The predicted octanol–water partition coefficient (Wildman–Crippen LogP) is 2.80. The summed E-state index contributed by atoms with van der Waals surface area (Å²) in [5.41, 5.74) is 1.81. The van der Waals surface area contributed by atoms with Gasteiger partial charge in [-0.15, -0.1) is 0 Å². The highest BCUT2D eigenvalue weighted by Crippen LogP contribution is 2.17. The monoisotopic (exact) mass is 205 g/mol. The van der Waals surface area contributed by atoms with Gasteiger partial charge in [0.15, 0.2) is 0 Å². The first-order chi connectivity index (χ1) is 6.93. The normalized spacial score (nSPS) is 11.5. The Labute approximate surface area is 91.7 Å². The van der Waals surface area contributed by atoms with Crippen molar-refractivity contribution >= 4 is 5.78 Å². The molecule has 0 N–H and O–H groups in total. The van der Waals surface area contributed by atoms with Gasteiger partial charge in [0, 0.05) is 23.7 Å². The minimum absolute atomic E-state index is 0.235. The smallest absolute Gasteiger partial charge is 0.144 e. The maximum absolute atomic E-state index is 11.7. The Hall–Kier alpha value is -1.18. The summed E-state index contributed by atoms with van der Waals surface area (Å²) in [7, 11) is 0. The molecule has 0 aliphatic rings. The van der Waals surface area contributed by atoms with Crippen LogP contribution in [-0.2, 0) is 17.6 Å². The molecule has 0 radical (unpaired) electrons. The van der Waals surface area contributed by atoms with Crippen LogP contribution >= 0.6 is 0 Å². The van der Waals surface area contributed by atoms with E-state index in [-0.39, 0.29) is 11.2 Å². The van der Waals surface area contributed by atoms with Gasteiger partial charge in [0.1, 0.15) is 5.78 Å². The van der Waals surface area contributed by atoms with Crippen molar-refractivity contribution in [2.75, 3.05) is 0 Å². The first-order valence-electron chi connectivity index (χ1n) is 5.40. The van der Waals surface area contributed by atoms with Crippen molar-refractivity contribution in [2.45, 2.75) is 40.5 Å². The number of aryl methyl sites for hydroxylation is 1. The van der Waals surface area contributed by atoms with Gasteiger partial charge < -0.3 is 0 Å². The van der Waals surface area contributed by atoms with E-state index in [0.29, 0.717) is 6.42 Å².